The predicted octanol–water partition coefficient (Wildman–Crippen LogP) is 3.58. The highest BCUT2D eigenvalue weighted by molar-refractivity contribution is 6.41. The summed E-state index contributed by atoms with van der Waals surface area (Å²) in [7, 11) is 0. The largest absolute Gasteiger partial charge is 0.481 e. The number of likely N-dealkylation sites (tertiary alicyclic amines) is 1. The maximum Gasteiger partial charge on any atom is 0.314 e. The molecule has 126 valence electrons. The van der Waals surface area contributed by atoms with E-state index in [4.69, 9.17) is 23.2 Å². The number of H-pyrrole nitrogens is 1. The van der Waals surface area contributed by atoms with Crippen molar-refractivity contribution in [3.05, 3.63) is 57.8 Å². The van der Waals surface area contributed by atoms with E-state index < -0.39 is 11.4 Å². The summed E-state index contributed by atoms with van der Waals surface area (Å²) in [5.41, 5.74) is 0.131. The van der Waals surface area contributed by atoms with Gasteiger partial charge in [0.25, 0.3) is 5.91 Å². The first kappa shape index (κ1) is 16.9. The molecule has 0 spiro atoms. The van der Waals surface area contributed by atoms with Crippen LogP contribution < -0.4 is 0 Å². The maximum atomic E-state index is 12.5. The monoisotopic (exact) mass is 366 g/mol. The van der Waals surface area contributed by atoms with Crippen LogP contribution in [0.25, 0.3) is 0 Å². The van der Waals surface area contributed by atoms with Crippen molar-refractivity contribution in [3.63, 3.8) is 0 Å². The van der Waals surface area contributed by atoms with Crippen LogP contribution in [0.4, 0.5) is 0 Å². The molecule has 1 fully saturated rings. The molecule has 1 aliphatic rings. The Bertz CT molecular complexity index is 746. The zero-order chi connectivity index (χ0) is 17.3. The Morgan fingerprint density at radius 2 is 1.75 bits per heavy atom. The number of piperidine rings is 1. The lowest BCUT2D eigenvalue weighted by Gasteiger charge is -2.39. The Morgan fingerprint density at radius 1 is 1.12 bits per heavy atom. The van der Waals surface area contributed by atoms with E-state index in [2.05, 4.69) is 4.98 Å². The van der Waals surface area contributed by atoms with Gasteiger partial charge in [-0.05, 0) is 24.5 Å². The molecular weight excluding hydrogens is 351 g/mol. The van der Waals surface area contributed by atoms with Crippen LogP contribution >= 0.6 is 23.2 Å². The lowest BCUT2D eigenvalue weighted by molar-refractivity contribution is -0.145. The number of carbonyl (C=O) groups is 2. The first-order valence-corrected chi connectivity index (χ1v) is 8.32. The summed E-state index contributed by atoms with van der Waals surface area (Å²) in [6.45, 7) is 0.711. The lowest BCUT2D eigenvalue weighted by atomic mass is 9.73. The van der Waals surface area contributed by atoms with Gasteiger partial charge in [-0.3, -0.25) is 9.59 Å². The van der Waals surface area contributed by atoms with Gasteiger partial charge >= 0.3 is 5.97 Å². The number of amides is 1. The number of carboxylic acid groups (broad SMARTS) is 1. The van der Waals surface area contributed by atoms with Crippen LogP contribution in [0.1, 0.15) is 28.9 Å². The molecule has 1 saturated heterocycles. The number of carboxylic acids is 1. The van der Waals surface area contributed by atoms with Crippen molar-refractivity contribution < 1.29 is 14.7 Å². The molecule has 5 nitrogen and oxygen atoms in total. The highest BCUT2D eigenvalue weighted by atomic mass is 35.5. The third-order valence-corrected chi connectivity index (χ3v) is 5.29. The molecule has 24 heavy (non-hydrogen) atoms. The van der Waals surface area contributed by atoms with Gasteiger partial charge in [0.05, 0.1) is 10.4 Å². The van der Waals surface area contributed by atoms with Crippen LogP contribution in [0, 0.1) is 0 Å². The quantitative estimate of drug-likeness (QED) is 0.871. The molecule has 0 aliphatic carbocycles. The summed E-state index contributed by atoms with van der Waals surface area (Å²) in [6.07, 6.45) is 0.723. The zero-order valence-electron chi connectivity index (χ0n) is 12.8. The van der Waals surface area contributed by atoms with E-state index in [0.29, 0.717) is 36.6 Å². The van der Waals surface area contributed by atoms with Gasteiger partial charge in [0, 0.05) is 13.1 Å². The number of carbonyl (C=O) groups excluding carboxylic acids is 1. The van der Waals surface area contributed by atoms with E-state index in [1.165, 1.54) is 6.07 Å². The summed E-state index contributed by atoms with van der Waals surface area (Å²) >= 11 is 11.7. The number of aliphatic carboxylic acids is 1. The van der Waals surface area contributed by atoms with E-state index in [0.717, 1.165) is 5.56 Å². The fourth-order valence-corrected chi connectivity index (χ4v) is 3.48. The molecule has 2 heterocycles. The maximum absolute atomic E-state index is 12.5. The van der Waals surface area contributed by atoms with Gasteiger partial charge < -0.3 is 15.0 Å². The number of benzene rings is 1. The lowest BCUT2D eigenvalue weighted by Crippen LogP contribution is -2.49. The van der Waals surface area contributed by atoms with Crippen molar-refractivity contribution in [2.45, 2.75) is 18.3 Å². The predicted molar refractivity (Wildman–Crippen MR) is 91.7 cm³/mol. The fraction of sp³-hybridized carbons (Fsp3) is 0.294. The third kappa shape index (κ3) is 2.89. The van der Waals surface area contributed by atoms with Crippen molar-refractivity contribution in [1.29, 1.82) is 0 Å². The minimum absolute atomic E-state index is 0.223. The SMILES string of the molecule is O=C(c1cc(Cl)c(Cl)[nH]1)N1CCC(C(=O)O)(c2ccccc2)CC1. The first-order chi connectivity index (χ1) is 11.4. The molecule has 0 bridgehead atoms. The van der Waals surface area contributed by atoms with Gasteiger partial charge in [0.2, 0.25) is 0 Å². The van der Waals surface area contributed by atoms with E-state index >= 15 is 0 Å². The molecule has 0 unspecified atom stereocenters. The summed E-state index contributed by atoms with van der Waals surface area (Å²) in [5.74, 6) is -1.08. The number of nitrogens with one attached hydrogen (secondary N) is 1. The second-order valence-corrected chi connectivity index (χ2v) is 6.68. The van der Waals surface area contributed by atoms with Gasteiger partial charge in [-0.2, -0.15) is 0 Å². The van der Waals surface area contributed by atoms with Gasteiger partial charge in [0.15, 0.2) is 0 Å². The molecule has 0 saturated carbocycles. The molecular formula is C17H16Cl2N2O3. The van der Waals surface area contributed by atoms with E-state index in [9.17, 15) is 14.7 Å². The van der Waals surface area contributed by atoms with E-state index in [1.54, 1.807) is 4.90 Å². The molecule has 1 aromatic carbocycles. The summed E-state index contributed by atoms with van der Waals surface area (Å²) in [6, 6.07) is 10.7. The Morgan fingerprint density at radius 3 is 2.25 bits per heavy atom. The molecule has 2 N–H and O–H groups in total. The number of nitrogens with zero attached hydrogens (tertiary/aromatic N) is 1. The number of hydrogen-bond donors (Lipinski definition) is 2. The number of aromatic amines is 1. The van der Waals surface area contributed by atoms with Crippen LogP contribution in [0.5, 0.6) is 0 Å². The summed E-state index contributed by atoms with van der Waals surface area (Å²) < 4.78 is 0. The molecule has 1 aliphatic heterocycles. The smallest absolute Gasteiger partial charge is 0.314 e. The van der Waals surface area contributed by atoms with Gasteiger partial charge in [-0.1, -0.05) is 53.5 Å². The number of hydrogen-bond acceptors (Lipinski definition) is 2. The Kier molecular flexibility index (Phi) is 4.56. The van der Waals surface area contributed by atoms with E-state index in [-0.39, 0.29) is 11.1 Å². The molecule has 3 rings (SSSR count). The third-order valence-electron chi connectivity index (χ3n) is 4.60. The second-order valence-electron chi connectivity index (χ2n) is 5.89. The molecule has 0 atom stereocenters. The molecule has 0 radical (unpaired) electrons. The highest BCUT2D eigenvalue weighted by Crippen LogP contribution is 2.36. The number of aromatic nitrogens is 1. The topological polar surface area (TPSA) is 73.4 Å². The molecule has 1 aromatic heterocycles. The van der Waals surface area contributed by atoms with Crippen molar-refractivity contribution in [2.24, 2.45) is 0 Å². The highest BCUT2D eigenvalue weighted by Gasteiger charge is 2.44. The van der Waals surface area contributed by atoms with Crippen LogP contribution in [0.3, 0.4) is 0 Å². The molecule has 7 heteroatoms. The minimum Gasteiger partial charge on any atom is -0.481 e. The zero-order valence-corrected chi connectivity index (χ0v) is 14.3. The normalized spacial score (nSPS) is 16.8. The van der Waals surface area contributed by atoms with Crippen molar-refractivity contribution >= 4 is 35.1 Å². The van der Waals surface area contributed by atoms with Crippen LogP contribution in [0.2, 0.25) is 10.2 Å². The number of halogens is 2. The standard InChI is InChI=1S/C17H16Cl2N2O3/c18-12-10-13(20-14(12)19)15(22)21-8-6-17(7-9-21,16(23)24)11-4-2-1-3-5-11/h1-5,10,20H,6-9H2,(H,23,24). The van der Waals surface area contributed by atoms with Crippen LogP contribution in [-0.2, 0) is 10.2 Å². The van der Waals surface area contributed by atoms with Crippen LogP contribution in [0.15, 0.2) is 36.4 Å². The number of rotatable bonds is 3. The first-order valence-electron chi connectivity index (χ1n) is 7.56. The van der Waals surface area contributed by atoms with Gasteiger partial charge in [-0.25, -0.2) is 0 Å². The second kappa shape index (κ2) is 6.49. The Balaban J connectivity index is 1.79. The fourth-order valence-electron chi connectivity index (χ4n) is 3.16. The van der Waals surface area contributed by atoms with Crippen molar-refractivity contribution in [1.82, 2.24) is 9.88 Å². The Labute approximate surface area is 149 Å². The minimum atomic E-state index is -0.955. The molecule has 1 amide bonds. The van der Waals surface area contributed by atoms with Crippen molar-refractivity contribution in [3.8, 4) is 0 Å². The summed E-state index contributed by atoms with van der Waals surface area (Å²) in [5, 5.41) is 10.3. The average molecular weight is 367 g/mol. The average Bonchev–Trinajstić information content (AvgIpc) is 2.94. The molecule has 2 aromatic rings. The Hall–Kier alpha value is -1.98. The van der Waals surface area contributed by atoms with Gasteiger partial charge in [0.1, 0.15) is 10.8 Å². The van der Waals surface area contributed by atoms with E-state index in [1.807, 2.05) is 30.3 Å². The van der Waals surface area contributed by atoms with Gasteiger partial charge in [-0.15, -0.1) is 0 Å². The summed E-state index contributed by atoms with van der Waals surface area (Å²) in [4.78, 5) is 28.8. The van der Waals surface area contributed by atoms with Crippen LogP contribution in [-0.4, -0.2) is 40.0 Å². The van der Waals surface area contributed by atoms with Crippen molar-refractivity contribution in [2.75, 3.05) is 13.1 Å².